The number of hydrogen-bond acceptors (Lipinski definition) is 3. The van der Waals surface area contributed by atoms with Gasteiger partial charge in [0.25, 0.3) is 0 Å². The van der Waals surface area contributed by atoms with Gasteiger partial charge in [0.1, 0.15) is 5.82 Å². The maximum Gasteiger partial charge on any atom is 0.153 e. The summed E-state index contributed by atoms with van der Waals surface area (Å²) in [5, 5.41) is 6.62. The van der Waals surface area contributed by atoms with Crippen LogP contribution in [0.5, 0.6) is 0 Å². The zero-order valence-corrected chi connectivity index (χ0v) is 7.31. The lowest BCUT2D eigenvalue weighted by Crippen LogP contribution is -1.81. The lowest BCUT2D eigenvalue weighted by atomic mass is 10.2. The molecule has 0 unspecified atom stereocenters. The van der Waals surface area contributed by atoms with Gasteiger partial charge in [-0.2, -0.15) is 5.10 Å². The Morgan fingerprint density at radius 3 is 2.46 bits per heavy atom. The Balaban J connectivity index is 2.41. The number of aromatic amines is 1. The number of nitrogens with zero attached hydrogens (tertiary/aromatic N) is 2. The summed E-state index contributed by atoms with van der Waals surface area (Å²) in [4.78, 5) is 3.94. The van der Waals surface area contributed by atoms with Crippen molar-refractivity contribution in [2.75, 3.05) is 0 Å². The van der Waals surface area contributed by atoms with E-state index in [4.69, 9.17) is 12.6 Å². The van der Waals surface area contributed by atoms with Crippen LogP contribution in [0.4, 0.5) is 4.39 Å². The van der Waals surface area contributed by atoms with Gasteiger partial charge in [-0.1, -0.05) is 0 Å². The van der Waals surface area contributed by atoms with Crippen molar-refractivity contribution in [2.24, 2.45) is 0 Å². The number of hydrogen-bond donors (Lipinski definition) is 1. The van der Waals surface area contributed by atoms with E-state index in [1.165, 1.54) is 12.1 Å². The van der Waals surface area contributed by atoms with E-state index in [0.717, 1.165) is 5.56 Å². The van der Waals surface area contributed by atoms with Gasteiger partial charge in [-0.15, -0.1) is 0 Å². The minimum Gasteiger partial charge on any atom is -0.738 e. The molecule has 1 N–H and O–H groups in total. The molecule has 5 heteroatoms. The Morgan fingerprint density at radius 2 is 1.92 bits per heavy atom. The fourth-order valence-corrected chi connectivity index (χ4v) is 1.12. The molecule has 0 atom stereocenters. The topological polar surface area (TPSA) is 41.6 Å². The molecule has 1 aromatic carbocycles. The van der Waals surface area contributed by atoms with Crippen molar-refractivity contribution in [3.8, 4) is 11.4 Å². The Labute approximate surface area is 79.4 Å². The zero-order chi connectivity index (χ0) is 9.26. The molecule has 0 fully saturated rings. The van der Waals surface area contributed by atoms with E-state index >= 15 is 0 Å². The highest BCUT2D eigenvalue weighted by atomic mass is 32.1. The maximum absolute atomic E-state index is 12.5. The van der Waals surface area contributed by atoms with Gasteiger partial charge in [0, 0.05) is 10.7 Å². The highest BCUT2D eigenvalue weighted by molar-refractivity contribution is 7.58. The molecule has 0 saturated carbocycles. The first kappa shape index (κ1) is 8.12. The van der Waals surface area contributed by atoms with Crippen molar-refractivity contribution in [1.82, 2.24) is 15.2 Å². The summed E-state index contributed by atoms with van der Waals surface area (Å²) in [6, 6.07) is 5.96. The third-order valence-corrected chi connectivity index (χ3v) is 1.77. The minimum atomic E-state index is -0.276. The highest BCUT2D eigenvalue weighted by Crippen LogP contribution is 2.14. The fraction of sp³-hybridized carbons (Fsp3) is 0. The monoisotopic (exact) mass is 194 g/mol. The van der Waals surface area contributed by atoms with Gasteiger partial charge in [-0.3, -0.25) is 5.10 Å². The van der Waals surface area contributed by atoms with Crippen molar-refractivity contribution in [2.45, 2.75) is 5.16 Å². The molecular weight excluding hydrogens is 189 g/mol. The molecule has 0 amide bonds. The van der Waals surface area contributed by atoms with Crippen LogP contribution in [0.25, 0.3) is 11.4 Å². The molecule has 66 valence electrons. The standard InChI is InChI=1S/C8H6FN3S/c9-6-3-1-5(2-4-6)7-10-8(13)12-11-7/h1-4H,(H2,10,11,12,13)/p-1. The average molecular weight is 194 g/mol. The molecular formula is C8H5FN3S-. The Kier molecular flexibility index (Phi) is 1.94. The number of H-pyrrole nitrogens is 1. The van der Waals surface area contributed by atoms with E-state index in [0.29, 0.717) is 5.82 Å². The molecule has 0 saturated heterocycles. The third kappa shape index (κ3) is 1.65. The predicted octanol–water partition coefficient (Wildman–Crippen LogP) is 1.52. The molecule has 2 rings (SSSR count). The second kappa shape index (κ2) is 3.10. The van der Waals surface area contributed by atoms with E-state index < -0.39 is 0 Å². The van der Waals surface area contributed by atoms with Crippen LogP contribution >= 0.6 is 0 Å². The Hall–Kier alpha value is -1.49. The van der Waals surface area contributed by atoms with Gasteiger partial charge in [-0.05, 0) is 24.3 Å². The Morgan fingerprint density at radius 1 is 1.23 bits per heavy atom. The van der Waals surface area contributed by atoms with Gasteiger partial charge in [0.2, 0.25) is 0 Å². The van der Waals surface area contributed by atoms with Gasteiger partial charge in [0.15, 0.2) is 5.82 Å². The van der Waals surface area contributed by atoms with Crippen molar-refractivity contribution in [1.29, 1.82) is 0 Å². The second-order valence-corrected chi connectivity index (χ2v) is 2.84. The quantitative estimate of drug-likeness (QED) is 0.700. The van der Waals surface area contributed by atoms with E-state index in [1.807, 2.05) is 0 Å². The molecule has 2 aromatic rings. The number of benzene rings is 1. The summed E-state index contributed by atoms with van der Waals surface area (Å²) < 4.78 is 12.5. The summed E-state index contributed by atoms with van der Waals surface area (Å²) in [5.74, 6) is 0.284. The molecule has 0 bridgehead atoms. The fourth-order valence-electron chi connectivity index (χ4n) is 0.983. The number of halogens is 1. The molecule has 1 heterocycles. The number of rotatable bonds is 1. The van der Waals surface area contributed by atoms with Crippen LogP contribution in [0.3, 0.4) is 0 Å². The largest absolute Gasteiger partial charge is 0.738 e. The molecule has 0 radical (unpaired) electrons. The van der Waals surface area contributed by atoms with Crippen molar-refractivity contribution >= 4 is 12.6 Å². The van der Waals surface area contributed by atoms with Crippen LogP contribution in [0, 0.1) is 5.82 Å². The summed E-state index contributed by atoms with van der Waals surface area (Å²) in [7, 11) is 0. The van der Waals surface area contributed by atoms with Gasteiger partial charge < -0.3 is 12.6 Å². The van der Waals surface area contributed by atoms with Crippen LogP contribution in [-0.2, 0) is 12.6 Å². The molecule has 0 aliphatic carbocycles. The summed E-state index contributed by atoms with van der Waals surface area (Å²) in [6.45, 7) is 0. The first-order valence-electron chi connectivity index (χ1n) is 3.61. The summed E-state index contributed by atoms with van der Waals surface area (Å²) in [6.07, 6.45) is 0. The van der Waals surface area contributed by atoms with Crippen molar-refractivity contribution in [3.05, 3.63) is 30.1 Å². The predicted molar refractivity (Wildman–Crippen MR) is 47.4 cm³/mol. The van der Waals surface area contributed by atoms with Crippen molar-refractivity contribution in [3.63, 3.8) is 0 Å². The van der Waals surface area contributed by atoms with Gasteiger partial charge in [-0.25, -0.2) is 9.37 Å². The van der Waals surface area contributed by atoms with E-state index in [1.54, 1.807) is 12.1 Å². The second-order valence-electron chi connectivity index (χ2n) is 2.47. The molecule has 1 aromatic heterocycles. The first-order valence-corrected chi connectivity index (χ1v) is 4.02. The third-order valence-electron chi connectivity index (χ3n) is 1.58. The van der Waals surface area contributed by atoms with E-state index in [-0.39, 0.29) is 11.0 Å². The lowest BCUT2D eigenvalue weighted by molar-refractivity contribution is 0.628. The summed E-state index contributed by atoms with van der Waals surface area (Å²) >= 11 is 4.73. The normalized spacial score (nSPS) is 10.2. The zero-order valence-electron chi connectivity index (χ0n) is 6.49. The van der Waals surface area contributed by atoms with Crippen molar-refractivity contribution < 1.29 is 4.39 Å². The van der Waals surface area contributed by atoms with Crippen LogP contribution in [0.1, 0.15) is 0 Å². The lowest BCUT2D eigenvalue weighted by Gasteiger charge is -1.95. The van der Waals surface area contributed by atoms with Crippen LogP contribution in [0.15, 0.2) is 29.4 Å². The number of aromatic nitrogens is 3. The van der Waals surface area contributed by atoms with Crippen LogP contribution < -0.4 is 0 Å². The molecule has 0 aliphatic heterocycles. The summed E-state index contributed by atoms with van der Waals surface area (Å²) in [5.41, 5.74) is 0.769. The molecule has 0 spiro atoms. The van der Waals surface area contributed by atoms with E-state index in [2.05, 4.69) is 15.2 Å². The van der Waals surface area contributed by atoms with Gasteiger partial charge >= 0.3 is 0 Å². The smallest absolute Gasteiger partial charge is 0.153 e. The van der Waals surface area contributed by atoms with Crippen LogP contribution in [-0.4, -0.2) is 15.2 Å². The number of nitrogens with one attached hydrogen (secondary N) is 1. The maximum atomic E-state index is 12.5. The molecule has 3 nitrogen and oxygen atoms in total. The minimum absolute atomic E-state index is 0.263. The van der Waals surface area contributed by atoms with E-state index in [9.17, 15) is 4.39 Å². The first-order chi connectivity index (χ1) is 6.25. The van der Waals surface area contributed by atoms with Gasteiger partial charge in [0.05, 0.1) is 0 Å². The average Bonchev–Trinajstić information content (AvgIpc) is 2.53. The SMILES string of the molecule is Fc1ccc(-c2nc([S-])n[nH]2)cc1. The Bertz CT molecular complexity index is 410. The highest BCUT2D eigenvalue weighted by Gasteiger charge is 1.99. The molecule has 0 aliphatic rings. The molecule has 13 heavy (non-hydrogen) atoms. The van der Waals surface area contributed by atoms with Crippen LogP contribution in [0.2, 0.25) is 0 Å².